The number of fused-ring (bicyclic) bond motifs is 1. The number of phenolic OH excluding ortho intramolecular Hbond substituents is 1. The van der Waals surface area contributed by atoms with Crippen LogP contribution in [0.4, 0.5) is 5.69 Å². The number of aryl methyl sites for hydroxylation is 1. The summed E-state index contributed by atoms with van der Waals surface area (Å²) in [7, 11) is 1.91. The highest BCUT2D eigenvalue weighted by atomic mass is 35.5. The second-order valence-corrected chi connectivity index (χ2v) is 4.84. The lowest BCUT2D eigenvalue weighted by Crippen LogP contribution is -1.93. The maximum absolute atomic E-state index is 9.69. The summed E-state index contributed by atoms with van der Waals surface area (Å²) in [5, 5.41) is 10.4. The molecule has 0 aliphatic rings. The normalized spacial score (nSPS) is 11.1. The van der Waals surface area contributed by atoms with E-state index in [4.69, 9.17) is 17.3 Å². The van der Waals surface area contributed by atoms with Gasteiger partial charge in [0.25, 0.3) is 0 Å². The minimum atomic E-state index is 0.0580. The average molecular weight is 274 g/mol. The number of nitrogen functional groups attached to an aromatic ring is 1. The van der Waals surface area contributed by atoms with Gasteiger partial charge in [-0.15, -0.1) is 0 Å². The molecule has 0 bridgehead atoms. The molecule has 0 aliphatic heterocycles. The maximum atomic E-state index is 9.69. The summed E-state index contributed by atoms with van der Waals surface area (Å²) >= 11 is 5.99. The van der Waals surface area contributed by atoms with Gasteiger partial charge < -0.3 is 15.4 Å². The van der Waals surface area contributed by atoms with Crippen molar-refractivity contribution in [2.24, 2.45) is 7.05 Å². The van der Waals surface area contributed by atoms with E-state index in [-0.39, 0.29) is 5.75 Å². The van der Waals surface area contributed by atoms with Crippen LogP contribution in [0.5, 0.6) is 5.75 Å². The van der Waals surface area contributed by atoms with Crippen LogP contribution in [-0.2, 0) is 7.05 Å². The molecular formula is C14H12ClN3O. The molecule has 4 nitrogen and oxygen atoms in total. The molecule has 0 spiro atoms. The predicted molar refractivity (Wildman–Crippen MR) is 77.2 cm³/mol. The summed E-state index contributed by atoms with van der Waals surface area (Å²) in [5.41, 5.74) is 8.57. The number of benzene rings is 2. The first-order valence-electron chi connectivity index (χ1n) is 5.77. The first-order chi connectivity index (χ1) is 9.06. The molecule has 0 aliphatic carbocycles. The Kier molecular flexibility index (Phi) is 2.61. The first-order valence-corrected chi connectivity index (χ1v) is 6.15. The van der Waals surface area contributed by atoms with Crippen molar-refractivity contribution >= 4 is 28.3 Å². The molecule has 3 aromatic rings. The van der Waals surface area contributed by atoms with E-state index in [0.717, 1.165) is 22.4 Å². The first kappa shape index (κ1) is 11.9. The van der Waals surface area contributed by atoms with Gasteiger partial charge in [-0.3, -0.25) is 0 Å². The summed E-state index contributed by atoms with van der Waals surface area (Å²) in [6, 6.07) is 10.6. The van der Waals surface area contributed by atoms with Gasteiger partial charge in [-0.25, -0.2) is 4.98 Å². The molecule has 0 saturated heterocycles. The number of hydrogen-bond acceptors (Lipinski definition) is 3. The van der Waals surface area contributed by atoms with Gasteiger partial charge in [0.05, 0.1) is 16.7 Å². The SMILES string of the molecule is Cn1c(-c2ccc(N)c(O)c2)nc2ccc(Cl)cc21. The molecule has 96 valence electrons. The molecule has 3 N–H and O–H groups in total. The molecule has 0 atom stereocenters. The largest absolute Gasteiger partial charge is 0.506 e. The third kappa shape index (κ3) is 1.90. The number of aromatic nitrogens is 2. The molecule has 19 heavy (non-hydrogen) atoms. The lowest BCUT2D eigenvalue weighted by molar-refractivity contribution is 0.478. The van der Waals surface area contributed by atoms with Crippen LogP contribution in [0, 0.1) is 0 Å². The Labute approximate surface area is 115 Å². The van der Waals surface area contributed by atoms with Crippen molar-refractivity contribution < 1.29 is 5.11 Å². The van der Waals surface area contributed by atoms with Gasteiger partial charge in [-0.1, -0.05) is 11.6 Å². The van der Waals surface area contributed by atoms with Crippen molar-refractivity contribution in [2.45, 2.75) is 0 Å². The molecule has 0 amide bonds. The zero-order valence-corrected chi connectivity index (χ0v) is 11.0. The Hall–Kier alpha value is -2.20. The summed E-state index contributed by atoms with van der Waals surface area (Å²) in [6.45, 7) is 0. The highest BCUT2D eigenvalue weighted by molar-refractivity contribution is 6.31. The minimum absolute atomic E-state index is 0.0580. The summed E-state index contributed by atoms with van der Waals surface area (Å²) in [6.07, 6.45) is 0. The van der Waals surface area contributed by atoms with Crippen molar-refractivity contribution in [1.29, 1.82) is 0 Å². The smallest absolute Gasteiger partial charge is 0.140 e. The Bertz CT molecular complexity index is 780. The van der Waals surface area contributed by atoms with Crippen LogP contribution < -0.4 is 5.73 Å². The number of phenols is 1. The van der Waals surface area contributed by atoms with Crippen LogP contribution in [0.15, 0.2) is 36.4 Å². The summed E-state index contributed by atoms with van der Waals surface area (Å²) in [4.78, 5) is 4.55. The maximum Gasteiger partial charge on any atom is 0.140 e. The lowest BCUT2D eigenvalue weighted by atomic mass is 10.2. The number of imidazole rings is 1. The standard InChI is InChI=1S/C14H12ClN3O/c1-18-12-7-9(15)3-5-11(12)17-14(18)8-2-4-10(16)13(19)6-8/h2-7,19H,16H2,1H3. The van der Waals surface area contributed by atoms with Crippen molar-refractivity contribution in [1.82, 2.24) is 9.55 Å². The zero-order chi connectivity index (χ0) is 13.6. The fraction of sp³-hybridized carbons (Fsp3) is 0.0714. The van der Waals surface area contributed by atoms with Crippen LogP contribution in [-0.4, -0.2) is 14.7 Å². The summed E-state index contributed by atoms with van der Waals surface area (Å²) < 4.78 is 1.94. The second-order valence-electron chi connectivity index (χ2n) is 4.40. The molecule has 0 fully saturated rings. The Balaban J connectivity index is 2.24. The number of halogens is 1. The molecule has 0 saturated carbocycles. The summed E-state index contributed by atoms with van der Waals surface area (Å²) in [5.74, 6) is 0.815. The van der Waals surface area contributed by atoms with Crippen LogP contribution in [0.3, 0.4) is 0 Å². The van der Waals surface area contributed by atoms with Crippen LogP contribution in [0.25, 0.3) is 22.4 Å². The third-order valence-corrected chi connectivity index (χ3v) is 3.37. The van der Waals surface area contributed by atoms with E-state index in [9.17, 15) is 5.11 Å². The Morgan fingerprint density at radius 3 is 2.74 bits per heavy atom. The van der Waals surface area contributed by atoms with E-state index >= 15 is 0 Å². The van der Waals surface area contributed by atoms with Gasteiger partial charge in [0, 0.05) is 17.6 Å². The average Bonchev–Trinajstić information content (AvgIpc) is 2.70. The van der Waals surface area contributed by atoms with Crippen LogP contribution in [0.1, 0.15) is 0 Å². The van der Waals surface area contributed by atoms with Gasteiger partial charge in [0.15, 0.2) is 0 Å². The van der Waals surface area contributed by atoms with E-state index in [0.29, 0.717) is 10.7 Å². The molecule has 1 aromatic heterocycles. The van der Waals surface area contributed by atoms with Crippen molar-refractivity contribution in [2.75, 3.05) is 5.73 Å². The van der Waals surface area contributed by atoms with E-state index in [1.54, 1.807) is 18.2 Å². The van der Waals surface area contributed by atoms with Crippen molar-refractivity contribution in [3.63, 3.8) is 0 Å². The van der Waals surface area contributed by atoms with Gasteiger partial charge in [-0.05, 0) is 36.4 Å². The van der Waals surface area contributed by atoms with Gasteiger partial charge >= 0.3 is 0 Å². The van der Waals surface area contributed by atoms with Crippen LogP contribution >= 0.6 is 11.6 Å². The van der Waals surface area contributed by atoms with E-state index in [2.05, 4.69) is 4.98 Å². The van der Waals surface area contributed by atoms with E-state index in [1.807, 2.05) is 29.8 Å². The minimum Gasteiger partial charge on any atom is -0.506 e. The van der Waals surface area contributed by atoms with E-state index < -0.39 is 0 Å². The second kappa shape index (κ2) is 4.17. The van der Waals surface area contributed by atoms with Crippen LogP contribution in [0.2, 0.25) is 5.02 Å². The van der Waals surface area contributed by atoms with Crippen molar-refractivity contribution in [3.05, 3.63) is 41.4 Å². The lowest BCUT2D eigenvalue weighted by Gasteiger charge is -2.04. The van der Waals surface area contributed by atoms with E-state index in [1.165, 1.54) is 0 Å². The molecule has 2 aromatic carbocycles. The number of nitrogens with zero attached hydrogens (tertiary/aromatic N) is 2. The monoisotopic (exact) mass is 273 g/mol. The topological polar surface area (TPSA) is 64.1 Å². The number of nitrogens with two attached hydrogens (primary N) is 1. The van der Waals surface area contributed by atoms with Gasteiger partial charge in [0.2, 0.25) is 0 Å². The number of hydrogen-bond donors (Lipinski definition) is 2. The molecular weight excluding hydrogens is 262 g/mol. The fourth-order valence-corrected chi connectivity index (χ4v) is 2.27. The molecule has 1 heterocycles. The van der Waals surface area contributed by atoms with Gasteiger partial charge in [-0.2, -0.15) is 0 Å². The molecule has 5 heteroatoms. The molecule has 0 unspecified atom stereocenters. The predicted octanol–water partition coefficient (Wildman–Crippen LogP) is 3.18. The van der Waals surface area contributed by atoms with Gasteiger partial charge in [0.1, 0.15) is 11.6 Å². The highest BCUT2D eigenvalue weighted by Crippen LogP contribution is 2.30. The molecule has 3 rings (SSSR count). The number of anilines is 1. The fourth-order valence-electron chi connectivity index (χ4n) is 2.10. The zero-order valence-electron chi connectivity index (χ0n) is 10.3. The number of rotatable bonds is 1. The third-order valence-electron chi connectivity index (χ3n) is 3.13. The van der Waals surface area contributed by atoms with Crippen molar-refractivity contribution in [3.8, 4) is 17.1 Å². The Morgan fingerprint density at radius 1 is 1.21 bits per heavy atom. The highest BCUT2D eigenvalue weighted by Gasteiger charge is 2.11. The Morgan fingerprint density at radius 2 is 2.00 bits per heavy atom. The number of aromatic hydroxyl groups is 1. The molecule has 0 radical (unpaired) electrons. The quantitative estimate of drug-likeness (QED) is 0.529.